The molecule has 43 heavy (non-hydrogen) atoms. The minimum Gasteiger partial charge on any atom is -0.508 e. The number of hydrogen-bond donors (Lipinski definition) is 7. The molecule has 9 N–H and O–H groups in total. The van der Waals surface area contributed by atoms with Crippen molar-refractivity contribution in [3.8, 4) is 5.75 Å². The Balaban J connectivity index is 1.61. The molecule has 0 spiro atoms. The Morgan fingerprint density at radius 2 is 1.72 bits per heavy atom. The van der Waals surface area contributed by atoms with Crippen molar-refractivity contribution in [2.75, 3.05) is 38.8 Å². The van der Waals surface area contributed by atoms with Crippen LogP contribution in [0.25, 0.3) is 5.76 Å². The van der Waals surface area contributed by atoms with Crippen LogP contribution in [0.15, 0.2) is 47.2 Å². The predicted octanol–water partition coefficient (Wildman–Crippen LogP) is 0.902. The lowest BCUT2D eigenvalue weighted by molar-refractivity contribution is -0.153. The van der Waals surface area contributed by atoms with E-state index >= 15 is 0 Å². The lowest BCUT2D eigenvalue weighted by atomic mass is 9.57. The van der Waals surface area contributed by atoms with E-state index in [0.717, 1.165) is 11.3 Å². The van der Waals surface area contributed by atoms with Gasteiger partial charge in [0.15, 0.2) is 11.4 Å². The molecule has 1 unspecified atom stereocenters. The monoisotopic (exact) mass is 591 g/mol. The maximum Gasteiger partial charge on any atom is 0.255 e. The van der Waals surface area contributed by atoms with Crippen molar-refractivity contribution in [1.29, 1.82) is 0 Å². The molecule has 0 radical (unpaired) electrons. The Hall–Kier alpha value is -4.39. The second-order valence-corrected chi connectivity index (χ2v) is 12.0. The van der Waals surface area contributed by atoms with Gasteiger partial charge in [0.05, 0.1) is 11.6 Å². The molecule has 2 aromatic carbocycles. The van der Waals surface area contributed by atoms with Crippen LogP contribution in [0.2, 0.25) is 0 Å². The first kappa shape index (κ1) is 30.1. The van der Waals surface area contributed by atoms with Crippen molar-refractivity contribution in [3.05, 3.63) is 69.5 Å². The van der Waals surface area contributed by atoms with Gasteiger partial charge in [0.25, 0.3) is 5.91 Å². The van der Waals surface area contributed by atoms with Gasteiger partial charge in [-0.3, -0.25) is 19.3 Å². The SMILES string of the molecule is CN(C)c1cc(CNCc2ccc(N)cc2)c(O)c2c1C[C@H]1C[C@H]3C(N(C)C)C(=O)C(C(N)=O)=C(O)[C@@]3(O)C(=O)C1=C2O. The quantitative estimate of drug-likeness (QED) is 0.178. The molecule has 0 heterocycles. The number of benzene rings is 2. The third-order valence-corrected chi connectivity index (χ3v) is 8.88. The van der Waals surface area contributed by atoms with Crippen LogP contribution >= 0.6 is 0 Å². The Labute approximate surface area is 248 Å². The summed E-state index contributed by atoms with van der Waals surface area (Å²) in [6.45, 7) is 0.712. The molecule has 4 atom stereocenters. The first-order valence-electron chi connectivity index (χ1n) is 13.9. The fourth-order valence-electron chi connectivity index (χ4n) is 6.86. The van der Waals surface area contributed by atoms with Gasteiger partial charge in [0, 0.05) is 55.6 Å². The molecule has 3 aliphatic carbocycles. The number of hydrogen-bond acceptors (Lipinski definition) is 11. The topological polar surface area (TPSA) is 203 Å². The number of likely N-dealkylation sites (N-methyl/N-ethyl adjacent to an activating group) is 1. The molecule has 12 heteroatoms. The number of nitrogens with one attached hydrogen (secondary N) is 1. The van der Waals surface area contributed by atoms with Gasteiger partial charge in [0.1, 0.15) is 22.8 Å². The molecule has 0 aliphatic heterocycles. The third kappa shape index (κ3) is 4.62. The smallest absolute Gasteiger partial charge is 0.255 e. The molecular formula is C31H37N5O7. The van der Waals surface area contributed by atoms with Crippen LogP contribution in [-0.2, 0) is 33.9 Å². The summed E-state index contributed by atoms with van der Waals surface area (Å²) in [5, 5.41) is 49.2. The predicted molar refractivity (Wildman–Crippen MR) is 160 cm³/mol. The number of phenolic OH excluding ortho intramolecular Hbond substituents is 1. The van der Waals surface area contributed by atoms with Gasteiger partial charge < -0.3 is 42.1 Å². The number of carbonyl (C=O) groups is 3. The number of nitrogens with zero attached hydrogens (tertiary/aromatic N) is 2. The number of carbonyl (C=O) groups excluding carboxylic acids is 3. The number of nitrogens with two attached hydrogens (primary N) is 2. The van der Waals surface area contributed by atoms with E-state index in [2.05, 4.69) is 5.32 Å². The summed E-state index contributed by atoms with van der Waals surface area (Å²) in [5.74, 6) is -6.71. The Morgan fingerprint density at radius 1 is 1.07 bits per heavy atom. The second kappa shape index (κ2) is 10.7. The van der Waals surface area contributed by atoms with Crippen LogP contribution in [-0.4, -0.2) is 82.6 Å². The van der Waals surface area contributed by atoms with Crippen molar-refractivity contribution in [2.45, 2.75) is 37.6 Å². The Bertz CT molecular complexity index is 1590. The van der Waals surface area contributed by atoms with Gasteiger partial charge in [0.2, 0.25) is 5.78 Å². The van der Waals surface area contributed by atoms with Crippen molar-refractivity contribution in [3.63, 3.8) is 0 Å². The van der Waals surface area contributed by atoms with Crippen LogP contribution < -0.4 is 21.7 Å². The standard InChI is InChI=1S/C31H37N5O7/c1-35(2)20-11-16(13-34-12-14-5-7-17(32)8-6-14)25(37)22-18(20)9-15-10-19-24(36(3)4)27(39)23(30(33)42)29(41)31(19,43)28(40)21(15)26(22)38/h5-8,11,15,19,24,34,37-38,41,43H,9-10,12-13,32H2,1-4H3,(H2,33,42)/t15-,19-,24?,31-/m0/s1. The number of anilines is 2. The molecule has 1 fully saturated rings. The van der Waals surface area contributed by atoms with Crippen LogP contribution in [0.5, 0.6) is 5.75 Å². The average Bonchev–Trinajstić information content (AvgIpc) is 2.92. The molecular weight excluding hydrogens is 554 g/mol. The van der Waals surface area contributed by atoms with Crippen LogP contribution in [0.1, 0.15) is 28.7 Å². The molecule has 3 aliphatic rings. The Morgan fingerprint density at radius 3 is 2.30 bits per heavy atom. The van der Waals surface area contributed by atoms with E-state index in [1.807, 2.05) is 37.2 Å². The van der Waals surface area contributed by atoms with E-state index in [4.69, 9.17) is 11.5 Å². The van der Waals surface area contributed by atoms with Crippen molar-refractivity contribution in [1.82, 2.24) is 10.2 Å². The fraction of sp³-hybridized carbons (Fsp3) is 0.387. The minimum atomic E-state index is -2.68. The lowest BCUT2D eigenvalue weighted by Gasteiger charge is -2.50. The van der Waals surface area contributed by atoms with Crippen LogP contribution in [0.3, 0.4) is 0 Å². The number of aromatic hydroxyl groups is 1. The number of fused-ring (bicyclic) bond motifs is 3. The van der Waals surface area contributed by atoms with Gasteiger partial charge >= 0.3 is 0 Å². The highest BCUT2D eigenvalue weighted by atomic mass is 16.3. The zero-order chi connectivity index (χ0) is 31.5. The number of aliphatic hydroxyl groups is 3. The van der Waals surface area contributed by atoms with Crippen molar-refractivity contribution < 1.29 is 34.8 Å². The van der Waals surface area contributed by atoms with Gasteiger partial charge in [-0.1, -0.05) is 12.1 Å². The normalized spacial score (nSPS) is 25.0. The zero-order valence-electron chi connectivity index (χ0n) is 24.5. The number of Topliss-reactive ketones (excluding diaryl/α,β-unsaturated/α-hetero) is 2. The second-order valence-electron chi connectivity index (χ2n) is 12.0. The number of aliphatic hydroxyl groups excluding tert-OH is 2. The lowest BCUT2D eigenvalue weighted by Crippen LogP contribution is -2.65. The summed E-state index contributed by atoms with van der Waals surface area (Å²) in [5.41, 5.74) is 10.9. The average molecular weight is 592 g/mol. The number of phenols is 1. The first-order valence-corrected chi connectivity index (χ1v) is 13.9. The molecule has 2 aromatic rings. The maximum atomic E-state index is 14.1. The molecule has 0 aromatic heterocycles. The summed E-state index contributed by atoms with van der Waals surface area (Å²) >= 11 is 0. The van der Waals surface area contributed by atoms with Crippen LogP contribution in [0, 0.1) is 11.8 Å². The van der Waals surface area contributed by atoms with E-state index < -0.39 is 58.0 Å². The minimum absolute atomic E-state index is 0.0320. The summed E-state index contributed by atoms with van der Waals surface area (Å²) in [6, 6.07) is 8.05. The van der Waals surface area contributed by atoms with Gasteiger partial charge in [-0.15, -0.1) is 0 Å². The van der Waals surface area contributed by atoms with Crippen molar-refractivity contribution in [2.24, 2.45) is 17.6 Å². The number of nitrogen functional groups attached to an aromatic ring is 1. The molecule has 0 bridgehead atoms. The molecule has 228 valence electrons. The third-order valence-electron chi connectivity index (χ3n) is 8.88. The molecule has 1 saturated carbocycles. The molecule has 5 rings (SSSR count). The summed E-state index contributed by atoms with van der Waals surface area (Å²) in [7, 11) is 6.79. The molecule has 0 saturated heterocycles. The van der Waals surface area contributed by atoms with Gasteiger partial charge in [-0.25, -0.2) is 0 Å². The highest BCUT2D eigenvalue weighted by molar-refractivity contribution is 6.24. The maximum absolute atomic E-state index is 14.1. The Kier molecular flexibility index (Phi) is 7.49. The summed E-state index contributed by atoms with van der Waals surface area (Å²) in [6.07, 6.45) is 0.249. The van der Waals surface area contributed by atoms with E-state index in [-0.39, 0.29) is 36.3 Å². The van der Waals surface area contributed by atoms with E-state index in [0.29, 0.717) is 23.4 Å². The van der Waals surface area contributed by atoms with E-state index in [9.17, 15) is 34.8 Å². The zero-order valence-corrected chi connectivity index (χ0v) is 24.5. The molecule has 12 nitrogen and oxygen atoms in total. The van der Waals surface area contributed by atoms with E-state index in [1.54, 1.807) is 26.2 Å². The largest absolute Gasteiger partial charge is 0.508 e. The fourth-order valence-corrected chi connectivity index (χ4v) is 6.86. The first-order chi connectivity index (χ1) is 20.2. The number of rotatable bonds is 7. The summed E-state index contributed by atoms with van der Waals surface area (Å²) in [4.78, 5) is 42.9. The van der Waals surface area contributed by atoms with Gasteiger partial charge in [-0.2, -0.15) is 0 Å². The number of primary amides is 1. The highest BCUT2D eigenvalue weighted by Gasteiger charge is 2.64. The highest BCUT2D eigenvalue weighted by Crippen LogP contribution is 2.54. The molecule has 1 amide bonds. The number of ketones is 2. The summed E-state index contributed by atoms with van der Waals surface area (Å²) < 4.78 is 0. The van der Waals surface area contributed by atoms with Crippen LogP contribution in [0.4, 0.5) is 11.4 Å². The van der Waals surface area contributed by atoms with Crippen molar-refractivity contribution >= 4 is 34.6 Å². The van der Waals surface area contributed by atoms with E-state index in [1.165, 1.54) is 4.90 Å². The van der Waals surface area contributed by atoms with Gasteiger partial charge in [-0.05, 0) is 62.2 Å². The number of amides is 1.